The molecule has 0 bridgehead atoms. The van der Waals surface area contributed by atoms with Gasteiger partial charge in [-0.05, 0) is 13.3 Å². The summed E-state index contributed by atoms with van der Waals surface area (Å²) < 4.78 is 12.0. The molecule has 3 heterocycles. The van der Waals surface area contributed by atoms with Crippen LogP contribution in [0.1, 0.15) is 23.8 Å². The molecule has 0 spiro atoms. The molecule has 10 heteroatoms. The lowest BCUT2D eigenvalue weighted by atomic mass is 10.3. The first-order valence-electron chi connectivity index (χ1n) is 8.28. The Morgan fingerprint density at radius 1 is 1.44 bits per heavy atom. The smallest absolute Gasteiger partial charge is 0.274 e. The third kappa shape index (κ3) is 4.33. The number of ether oxygens (including phenoxy) is 2. The van der Waals surface area contributed by atoms with E-state index in [4.69, 9.17) is 9.47 Å². The number of fused-ring (bicyclic) bond motifs is 1. The Kier molecular flexibility index (Phi) is 5.95. The van der Waals surface area contributed by atoms with Crippen LogP contribution in [-0.4, -0.2) is 66.6 Å². The molecule has 0 saturated carbocycles. The van der Waals surface area contributed by atoms with E-state index in [0.29, 0.717) is 44.4 Å². The zero-order valence-electron chi connectivity index (χ0n) is 14.1. The van der Waals surface area contributed by atoms with Crippen molar-refractivity contribution in [2.75, 3.05) is 51.0 Å². The van der Waals surface area contributed by atoms with Crippen molar-refractivity contribution in [1.29, 1.82) is 0 Å². The number of hydrogen-bond acceptors (Lipinski definition) is 8. The fraction of sp³-hybridized carbons (Fsp3) is 0.600. The molecule has 2 aromatic heterocycles. The van der Waals surface area contributed by atoms with Crippen molar-refractivity contribution in [1.82, 2.24) is 19.9 Å². The highest BCUT2D eigenvalue weighted by Crippen LogP contribution is 2.23. The summed E-state index contributed by atoms with van der Waals surface area (Å²) in [7, 11) is 0. The Morgan fingerprint density at radius 3 is 3.00 bits per heavy atom. The highest BCUT2D eigenvalue weighted by molar-refractivity contribution is 7.20. The standard InChI is InChI=1S/C15H21N5O4S/c1-2-23-7-3-4-16-13(22)11-10-12(21)17-14-20(11)18-15(25-14)19-5-8-24-9-6-19/h10H,2-9H2,1H3,(H,16,22). The van der Waals surface area contributed by atoms with Gasteiger partial charge < -0.3 is 19.7 Å². The number of carbonyl (C=O) groups excluding carboxylic acids is 1. The Hall–Kier alpha value is -2.04. The molecule has 0 aliphatic carbocycles. The highest BCUT2D eigenvalue weighted by Gasteiger charge is 2.19. The van der Waals surface area contributed by atoms with Gasteiger partial charge in [-0.15, -0.1) is 5.10 Å². The van der Waals surface area contributed by atoms with Gasteiger partial charge in [-0.2, -0.15) is 9.50 Å². The summed E-state index contributed by atoms with van der Waals surface area (Å²) in [5.41, 5.74) is -0.251. The van der Waals surface area contributed by atoms with Crippen LogP contribution in [0.25, 0.3) is 4.96 Å². The van der Waals surface area contributed by atoms with Gasteiger partial charge in [0.15, 0.2) is 0 Å². The molecule has 0 aromatic carbocycles. The largest absolute Gasteiger partial charge is 0.382 e. The molecular weight excluding hydrogens is 346 g/mol. The molecule has 1 aliphatic rings. The van der Waals surface area contributed by atoms with E-state index in [-0.39, 0.29) is 11.6 Å². The molecule has 2 aromatic rings. The van der Waals surface area contributed by atoms with Crippen LogP contribution in [0.4, 0.5) is 5.13 Å². The molecule has 0 atom stereocenters. The van der Waals surface area contributed by atoms with Gasteiger partial charge in [-0.1, -0.05) is 11.3 Å². The Labute approximate surface area is 148 Å². The van der Waals surface area contributed by atoms with Crippen LogP contribution in [0.15, 0.2) is 10.9 Å². The van der Waals surface area contributed by atoms with Gasteiger partial charge in [0.25, 0.3) is 11.5 Å². The monoisotopic (exact) mass is 367 g/mol. The summed E-state index contributed by atoms with van der Waals surface area (Å²) in [5.74, 6) is -0.343. The first kappa shape index (κ1) is 17.8. The minimum Gasteiger partial charge on any atom is -0.382 e. The van der Waals surface area contributed by atoms with E-state index in [1.54, 1.807) is 0 Å². The number of rotatable bonds is 7. The second-order valence-electron chi connectivity index (χ2n) is 5.46. The molecular formula is C15H21N5O4S. The fourth-order valence-corrected chi connectivity index (χ4v) is 3.42. The number of nitrogens with zero attached hydrogens (tertiary/aromatic N) is 4. The summed E-state index contributed by atoms with van der Waals surface area (Å²) in [6.07, 6.45) is 0.707. The molecule has 1 aliphatic heterocycles. The first-order valence-corrected chi connectivity index (χ1v) is 9.10. The van der Waals surface area contributed by atoms with Crippen LogP contribution in [0.2, 0.25) is 0 Å². The second kappa shape index (κ2) is 8.37. The van der Waals surface area contributed by atoms with Crippen LogP contribution < -0.4 is 15.8 Å². The molecule has 9 nitrogen and oxygen atoms in total. The number of carbonyl (C=O) groups is 1. The van der Waals surface area contributed by atoms with Crippen molar-refractivity contribution in [2.24, 2.45) is 0 Å². The minimum absolute atomic E-state index is 0.196. The van der Waals surface area contributed by atoms with Crippen LogP contribution >= 0.6 is 11.3 Å². The topological polar surface area (TPSA) is 98.1 Å². The van der Waals surface area contributed by atoms with Crippen molar-refractivity contribution in [3.8, 4) is 0 Å². The van der Waals surface area contributed by atoms with Crippen molar-refractivity contribution >= 4 is 27.3 Å². The maximum absolute atomic E-state index is 12.4. The number of anilines is 1. The summed E-state index contributed by atoms with van der Waals surface area (Å²) in [5, 5.41) is 7.99. The Morgan fingerprint density at radius 2 is 2.24 bits per heavy atom. The Balaban J connectivity index is 1.78. The molecule has 1 N–H and O–H groups in total. The molecule has 1 saturated heterocycles. The molecule has 1 amide bonds. The maximum atomic E-state index is 12.4. The first-order chi connectivity index (χ1) is 12.2. The number of aromatic nitrogens is 3. The van der Waals surface area contributed by atoms with Crippen LogP contribution in [-0.2, 0) is 9.47 Å². The molecule has 0 unspecified atom stereocenters. The number of nitrogens with one attached hydrogen (secondary N) is 1. The van der Waals surface area contributed by atoms with Crippen molar-refractivity contribution in [3.63, 3.8) is 0 Å². The quantitative estimate of drug-likeness (QED) is 0.695. The summed E-state index contributed by atoms with van der Waals surface area (Å²) in [6.45, 7) is 6.35. The van der Waals surface area contributed by atoms with E-state index < -0.39 is 5.56 Å². The fourth-order valence-electron chi connectivity index (χ4n) is 2.46. The van der Waals surface area contributed by atoms with Gasteiger partial charge in [0.1, 0.15) is 5.69 Å². The van der Waals surface area contributed by atoms with Crippen LogP contribution in [0, 0.1) is 0 Å². The van der Waals surface area contributed by atoms with E-state index in [9.17, 15) is 9.59 Å². The average Bonchev–Trinajstić information content (AvgIpc) is 3.05. The molecule has 0 radical (unpaired) electrons. The van der Waals surface area contributed by atoms with E-state index in [2.05, 4.69) is 20.3 Å². The second-order valence-corrected chi connectivity index (χ2v) is 6.40. The van der Waals surface area contributed by atoms with Crippen molar-refractivity contribution < 1.29 is 14.3 Å². The predicted molar refractivity (Wildman–Crippen MR) is 93.6 cm³/mol. The van der Waals surface area contributed by atoms with E-state index >= 15 is 0 Å². The normalized spacial score (nSPS) is 14.8. The number of amides is 1. The van der Waals surface area contributed by atoms with E-state index in [1.807, 2.05) is 6.92 Å². The van der Waals surface area contributed by atoms with Gasteiger partial charge in [0.05, 0.1) is 13.2 Å². The van der Waals surface area contributed by atoms with Gasteiger partial charge in [-0.25, -0.2) is 0 Å². The lowest BCUT2D eigenvalue weighted by Crippen LogP contribution is -2.36. The lowest BCUT2D eigenvalue weighted by molar-refractivity contribution is 0.0936. The highest BCUT2D eigenvalue weighted by atomic mass is 32.1. The summed E-state index contributed by atoms with van der Waals surface area (Å²) >= 11 is 1.30. The number of hydrogen-bond donors (Lipinski definition) is 1. The van der Waals surface area contributed by atoms with Gasteiger partial charge in [-0.3, -0.25) is 9.59 Å². The SMILES string of the molecule is CCOCCCNC(=O)c1cc(=O)nc2sc(N3CCOCC3)nn12. The van der Waals surface area contributed by atoms with Crippen molar-refractivity contribution in [2.45, 2.75) is 13.3 Å². The summed E-state index contributed by atoms with van der Waals surface area (Å²) in [6, 6.07) is 1.22. The third-order valence-electron chi connectivity index (χ3n) is 3.71. The third-order valence-corrected chi connectivity index (χ3v) is 4.68. The van der Waals surface area contributed by atoms with E-state index in [0.717, 1.165) is 18.2 Å². The zero-order chi connectivity index (χ0) is 17.6. The zero-order valence-corrected chi connectivity index (χ0v) is 14.9. The van der Waals surface area contributed by atoms with Gasteiger partial charge >= 0.3 is 0 Å². The average molecular weight is 367 g/mol. The van der Waals surface area contributed by atoms with Crippen molar-refractivity contribution in [3.05, 3.63) is 22.1 Å². The molecule has 25 heavy (non-hydrogen) atoms. The predicted octanol–water partition coefficient (Wildman–Crippen LogP) is 0.144. The van der Waals surface area contributed by atoms with Crippen LogP contribution in [0.3, 0.4) is 0 Å². The maximum Gasteiger partial charge on any atom is 0.274 e. The number of morpholine rings is 1. The van der Waals surface area contributed by atoms with Crippen LogP contribution in [0.5, 0.6) is 0 Å². The molecule has 1 fully saturated rings. The van der Waals surface area contributed by atoms with Gasteiger partial charge in [0.2, 0.25) is 10.1 Å². The summed E-state index contributed by atoms with van der Waals surface area (Å²) in [4.78, 5) is 30.7. The van der Waals surface area contributed by atoms with Gasteiger partial charge in [0, 0.05) is 38.9 Å². The minimum atomic E-state index is -0.448. The lowest BCUT2D eigenvalue weighted by Gasteiger charge is -2.25. The molecule has 136 valence electrons. The van der Waals surface area contributed by atoms with E-state index in [1.165, 1.54) is 21.9 Å². The Bertz CT molecular complexity index is 784. The molecule has 3 rings (SSSR count).